The molecule has 0 heterocycles. The molecule has 0 spiro atoms. The van der Waals surface area contributed by atoms with Crippen LogP contribution in [0.25, 0.3) is 0 Å². The molecule has 1 aromatic carbocycles. The molecule has 1 amide bonds. The van der Waals surface area contributed by atoms with Crippen LogP contribution in [0.1, 0.15) is 52.0 Å². The maximum atomic E-state index is 12.5. The highest BCUT2D eigenvalue weighted by Crippen LogP contribution is 2.49. The average molecular weight is 316 g/mol. The number of hydrogen-bond acceptors (Lipinski definition) is 2. The number of primary amides is 1. The van der Waals surface area contributed by atoms with Gasteiger partial charge in [0.05, 0.1) is 5.41 Å². The number of rotatable bonds is 6. The van der Waals surface area contributed by atoms with Crippen molar-refractivity contribution in [2.24, 2.45) is 34.6 Å². The normalized spacial score (nSPS) is 29.4. The number of nitrogens with two attached hydrogens (primary N) is 2. The molecule has 3 unspecified atom stereocenters. The first-order valence-corrected chi connectivity index (χ1v) is 8.94. The highest BCUT2D eigenvalue weighted by atomic mass is 16.1. The summed E-state index contributed by atoms with van der Waals surface area (Å²) >= 11 is 0. The lowest BCUT2D eigenvalue weighted by molar-refractivity contribution is -0.137. The molecule has 0 saturated heterocycles. The summed E-state index contributed by atoms with van der Waals surface area (Å²) in [5.41, 5.74) is 13.2. The van der Waals surface area contributed by atoms with Crippen LogP contribution in [0.15, 0.2) is 30.3 Å². The second-order valence-corrected chi connectivity index (χ2v) is 7.91. The molecule has 4 atom stereocenters. The minimum Gasteiger partial charge on any atom is -0.369 e. The molecule has 1 saturated carbocycles. The van der Waals surface area contributed by atoms with Crippen LogP contribution in [0.3, 0.4) is 0 Å². The second kappa shape index (κ2) is 7.48. The van der Waals surface area contributed by atoms with Gasteiger partial charge in [-0.05, 0) is 49.0 Å². The minimum absolute atomic E-state index is 0.0311. The summed E-state index contributed by atoms with van der Waals surface area (Å²) in [4.78, 5) is 12.5. The van der Waals surface area contributed by atoms with Crippen molar-refractivity contribution in [3.05, 3.63) is 35.9 Å². The summed E-state index contributed by atoms with van der Waals surface area (Å²) in [5, 5.41) is 0. The predicted octanol–water partition coefficient (Wildman–Crippen LogP) is 3.51. The molecule has 2 rings (SSSR count). The topological polar surface area (TPSA) is 69.1 Å². The van der Waals surface area contributed by atoms with Gasteiger partial charge in [-0.1, -0.05) is 57.5 Å². The van der Waals surface area contributed by atoms with Gasteiger partial charge < -0.3 is 11.5 Å². The van der Waals surface area contributed by atoms with Crippen LogP contribution in [0.4, 0.5) is 0 Å². The third-order valence-corrected chi connectivity index (χ3v) is 5.66. The van der Waals surface area contributed by atoms with Crippen molar-refractivity contribution >= 4 is 5.91 Å². The van der Waals surface area contributed by atoms with Gasteiger partial charge in [-0.3, -0.25) is 4.79 Å². The Bertz CT molecular complexity index is 514. The van der Waals surface area contributed by atoms with Gasteiger partial charge in [0.2, 0.25) is 5.91 Å². The Labute approximate surface area is 140 Å². The Morgan fingerprint density at radius 3 is 2.48 bits per heavy atom. The lowest BCUT2D eigenvalue weighted by atomic mass is 9.57. The van der Waals surface area contributed by atoms with E-state index in [1.165, 1.54) is 12.0 Å². The molecular formula is C20H32N2O. The number of carbonyl (C=O) groups excluding carboxylic acids is 1. The molecule has 3 nitrogen and oxygen atoms in total. The molecule has 0 aliphatic heterocycles. The Morgan fingerprint density at radius 2 is 1.91 bits per heavy atom. The van der Waals surface area contributed by atoms with Crippen LogP contribution in [0.5, 0.6) is 0 Å². The van der Waals surface area contributed by atoms with E-state index in [2.05, 4.69) is 32.9 Å². The van der Waals surface area contributed by atoms with E-state index in [1.807, 2.05) is 18.2 Å². The fourth-order valence-corrected chi connectivity index (χ4v) is 4.66. The van der Waals surface area contributed by atoms with Crippen LogP contribution in [0, 0.1) is 23.2 Å². The molecular weight excluding hydrogens is 284 g/mol. The predicted molar refractivity (Wildman–Crippen MR) is 95.7 cm³/mol. The molecule has 23 heavy (non-hydrogen) atoms. The van der Waals surface area contributed by atoms with Crippen LogP contribution in [0.2, 0.25) is 0 Å². The van der Waals surface area contributed by atoms with Crippen LogP contribution < -0.4 is 11.5 Å². The lowest BCUT2D eigenvalue weighted by Gasteiger charge is -2.47. The highest BCUT2D eigenvalue weighted by molar-refractivity contribution is 5.81. The Balaban J connectivity index is 2.19. The lowest BCUT2D eigenvalue weighted by Crippen LogP contribution is -2.51. The van der Waals surface area contributed by atoms with Crippen molar-refractivity contribution in [3.8, 4) is 0 Å². The zero-order valence-electron chi connectivity index (χ0n) is 14.8. The van der Waals surface area contributed by atoms with E-state index < -0.39 is 5.41 Å². The van der Waals surface area contributed by atoms with Crippen LogP contribution in [-0.4, -0.2) is 11.9 Å². The van der Waals surface area contributed by atoms with E-state index in [9.17, 15) is 4.79 Å². The summed E-state index contributed by atoms with van der Waals surface area (Å²) in [6, 6.07) is 10.2. The summed E-state index contributed by atoms with van der Waals surface area (Å²) in [6.07, 6.45) is 4.65. The van der Waals surface area contributed by atoms with Gasteiger partial charge in [-0.25, -0.2) is 0 Å². The van der Waals surface area contributed by atoms with E-state index in [1.54, 1.807) is 0 Å². The summed E-state index contributed by atoms with van der Waals surface area (Å²) in [5.74, 6) is 1.20. The quantitative estimate of drug-likeness (QED) is 0.843. The van der Waals surface area contributed by atoms with Crippen LogP contribution in [-0.2, 0) is 11.2 Å². The van der Waals surface area contributed by atoms with E-state index in [0.29, 0.717) is 24.2 Å². The number of carbonyl (C=O) groups is 1. The zero-order chi connectivity index (χ0) is 17.0. The van der Waals surface area contributed by atoms with E-state index in [4.69, 9.17) is 11.5 Å². The third kappa shape index (κ3) is 4.14. The van der Waals surface area contributed by atoms with Crippen molar-refractivity contribution < 1.29 is 4.79 Å². The maximum absolute atomic E-state index is 12.5. The SMILES string of the molecule is CC1CCC(C(C)C)C(C[C@@H](N)Cc2ccccc2)(C(N)=O)C1. The van der Waals surface area contributed by atoms with Gasteiger partial charge >= 0.3 is 0 Å². The first-order valence-electron chi connectivity index (χ1n) is 8.94. The molecule has 0 aromatic heterocycles. The largest absolute Gasteiger partial charge is 0.369 e. The van der Waals surface area contributed by atoms with Crippen LogP contribution >= 0.6 is 0 Å². The van der Waals surface area contributed by atoms with Gasteiger partial charge in [0, 0.05) is 6.04 Å². The van der Waals surface area contributed by atoms with E-state index in [0.717, 1.165) is 19.3 Å². The summed E-state index contributed by atoms with van der Waals surface area (Å²) in [7, 11) is 0. The Hall–Kier alpha value is -1.35. The molecule has 1 aliphatic carbocycles. The van der Waals surface area contributed by atoms with Gasteiger partial charge in [0.15, 0.2) is 0 Å². The molecule has 0 radical (unpaired) electrons. The van der Waals surface area contributed by atoms with E-state index in [-0.39, 0.29) is 11.9 Å². The zero-order valence-corrected chi connectivity index (χ0v) is 14.8. The van der Waals surface area contributed by atoms with Crippen molar-refractivity contribution in [3.63, 3.8) is 0 Å². The first kappa shape index (κ1) is 18.0. The average Bonchev–Trinajstić information content (AvgIpc) is 2.47. The van der Waals surface area contributed by atoms with Gasteiger partial charge in [0.25, 0.3) is 0 Å². The third-order valence-electron chi connectivity index (χ3n) is 5.66. The van der Waals surface area contributed by atoms with Gasteiger partial charge in [-0.2, -0.15) is 0 Å². The van der Waals surface area contributed by atoms with Gasteiger partial charge in [0.1, 0.15) is 0 Å². The monoisotopic (exact) mass is 316 g/mol. The number of benzene rings is 1. The van der Waals surface area contributed by atoms with Crippen molar-refractivity contribution in [2.45, 2.75) is 58.9 Å². The standard InChI is InChI=1S/C20H32N2O/c1-14(2)18-10-9-15(3)12-20(18,19(22)23)13-17(21)11-16-7-5-4-6-8-16/h4-8,14-15,17-18H,9-13,21H2,1-3H3,(H2,22,23)/t15?,17-,18?,20?/m0/s1. The first-order chi connectivity index (χ1) is 10.8. The second-order valence-electron chi connectivity index (χ2n) is 7.91. The molecule has 1 aliphatic rings. The Morgan fingerprint density at radius 1 is 1.26 bits per heavy atom. The number of hydrogen-bond donors (Lipinski definition) is 2. The molecule has 0 bridgehead atoms. The molecule has 4 N–H and O–H groups in total. The van der Waals surface area contributed by atoms with Crippen molar-refractivity contribution in [1.82, 2.24) is 0 Å². The molecule has 1 fully saturated rings. The summed E-state index contributed by atoms with van der Waals surface area (Å²) < 4.78 is 0. The fourth-order valence-electron chi connectivity index (χ4n) is 4.66. The minimum atomic E-state index is -0.444. The van der Waals surface area contributed by atoms with Crippen molar-refractivity contribution in [2.75, 3.05) is 0 Å². The summed E-state index contributed by atoms with van der Waals surface area (Å²) in [6.45, 7) is 6.65. The van der Waals surface area contributed by atoms with Gasteiger partial charge in [-0.15, -0.1) is 0 Å². The Kier molecular flexibility index (Phi) is 5.85. The fraction of sp³-hybridized carbons (Fsp3) is 0.650. The highest BCUT2D eigenvalue weighted by Gasteiger charge is 2.49. The molecule has 1 aromatic rings. The number of amides is 1. The maximum Gasteiger partial charge on any atom is 0.223 e. The molecule has 128 valence electrons. The smallest absolute Gasteiger partial charge is 0.223 e. The van der Waals surface area contributed by atoms with Crippen molar-refractivity contribution in [1.29, 1.82) is 0 Å². The van der Waals surface area contributed by atoms with E-state index >= 15 is 0 Å². The molecule has 3 heteroatoms.